The summed E-state index contributed by atoms with van der Waals surface area (Å²) in [6, 6.07) is 10.5. The van der Waals surface area contributed by atoms with Gasteiger partial charge < -0.3 is 0 Å². The lowest BCUT2D eigenvalue weighted by Gasteiger charge is -2.02. The topological polar surface area (TPSA) is 81.8 Å². The summed E-state index contributed by atoms with van der Waals surface area (Å²) in [6.45, 7) is 0. The lowest BCUT2D eigenvalue weighted by molar-refractivity contribution is 0.386. The molecular formula is C11H8N4O. The molecule has 16 heavy (non-hydrogen) atoms. The molecule has 1 aromatic carbocycles. The first kappa shape index (κ1) is 10.1. The Hall–Kier alpha value is -2.45. The predicted octanol–water partition coefficient (Wildman–Crippen LogP) is 1.82. The molecule has 0 aliphatic carbocycles. The fraction of sp³-hybridized carbons (Fsp3) is 0. The van der Waals surface area contributed by atoms with Crippen molar-refractivity contribution in [3.8, 4) is 17.5 Å². The van der Waals surface area contributed by atoms with Crippen LogP contribution in [0.15, 0.2) is 36.5 Å². The molecular weight excluding hydrogens is 204 g/mol. The smallest absolute Gasteiger partial charge is 0.161 e. The van der Waals surface area contributed by atoms with E-state index in [0.29, 0.717) is 17.2 Å². The summed E-state index contributed by atoms with van der Waals surface area (Å²) in [5.74, 6) is 0.817. The molecule has 0 aliphatic heterocycles. The number of benzene rings is 1. The maximum absolute atomic E-state index is 8.71. The van der Waals surface area contributed by atoms with Crippen LogP contribution in [0, 0.1) is 11.3 Å². The van der Waals surface area contributed by atoms with Gasteiger partial charge in [-0.1, -0.05) is 0 Å². The van der Waals surface area contributed by atoms with Crippen LogP contribution in [0.4, 0.5) is 5.82 Å². The van der Waals surface area contributed by atoms with E-state index in [1.54, 1.807) is 36.5 Å². The number of nitrogens with zero attached hydrogens (tertiary/aromatic N) is 3. The predicted molar refractivity (Wildman–Crippen MR) is 57.6 cm³/mol. The molecule has 0 bridgehead atoms. The van der Waals surface area contributed by atoms with Gasteiger partial charge in [0.15, 0.2) is 11.6 Å². The number of anilines is 1. The van der Waals surface area contributed by atoms with Crippen LogP contribution in [0.2, 0.25) is 0 Å². The van der Waals surface area contributed by atoms with E-state index in [1.807, 2.05) is 11.5 Å². The van der Waals surface area contributed by atoms with E-state index in [2.05, 4.69) is 9.97 Å². The van der Waals surface area contributed by atoms with Gasteiger partial charge in [0.1, 0.15) is 0 Å². The van der Waals surface area contributed by atoms with Crippen molar-refractivity contribution in [1.29, 1.82) is 5.26 Å². The maximum Gasteiger partial charge on any atom is 0.161 e. The third-order valence-electron chi connectivity index (χ3n) is 2.04. The Labute approximate surface area is 92.0 Å². The highest BCUT2D eigenvalue weighted by Crippen LogP contribution is 2.16. The Kier molecular flexibility index (Phi) is 2.76. The van der Waals surface area contributed by atoms with Gasteiger partial charge in [0.2, 0.25) is 0 Å². The molecule has 0 saturated heterocycles. The fourth-order valence-corrected chi connectivity index (χ4v) is 1.25. The van der Waals surface area contributed by atoms with Gasteiger partial charge in [0, 0.05) is 17.8 Å². The highest BCUT2D eigenvalue weighted by Gasteiger charge is 2.02. The second kappa shape index (κ2) is 4.38. The highest BCUT2D eigenvalue weighted by atomic mass is 16.5. The zero-order chi connectivity index (χ0) is 11.4. The number of nitrogens with one attached hydrogen (secondary N) is 1. The van der Waals surface area contributed by atoms with Gasteiger partial charge >= 0.3 is 0 Å². The normalized spacial score (nSPS) is 9.50. The van der Waals surface area contributed by atoms with Crippen LogP contribution < -0.4 is 5.48 Å². The van der Waals surface area contributed by atoms with Gasteiger partial charge in [-0.05, 0) is 24.3 Å². The largest absolute Gasteiger partial charge is 0.290 e. The molecule has 2 aromatic rings. The Morgan fingerprint density at radius 2 is 1.94 bits per heavy atom. The molecule has 0 unspecified atom stereocenters. The molecule has 0 fully saturated rings. The van der Waals surface area contributed by atoms with Crippen molar-refractivity contribution < 1.29 is 5.21 Å². The zero-order valence-corrected chi connectivity index (χ0v) is 8.25. The fourth-order valence-electron chi connectivity index (χ4n) is 1.25. The van der Waals surface area contributed by atoms with Crippen LogP contribution in [0.25, 0.3) is 11.4 Å². The summed E-state index contributed by atoms with van der Waals surface area (Å²) in [7, 11) is 0. The lowest BCUT2D eigenvalue weighted by Crippen LogP contribution is -1.96. The first-order chi connectivity index (χ1) is 7.83. The standard InChI is InChI=1S/C11H8N4O/c12-7-8-1-3-9(4-2-8)11-13-6-5-10(14-11)15-16/h1-6,16H,(H,13,14,15). The first-order valence-electron chi connectivity index (χ1n) is 4.57. The summed E-state index contributed by atoms with van der Waals surface area (Å²) in [6.07, 6.45) is 1.54. The van der Waals surface area contributed by atoms with Gasteiger partial charge in [-0.2, -0.15) is 5.26 Å². The number of aromatic nitrogens is 2. The molecule has 2 rings (SSSR count). The summed E-state index contributed by atoms with van der Waals surface area (Å²) in [5, 5.41) is 17.4. The van der Waals surface area contributed by atoms with E-state index in [9.17, 15) is 0 Å². The monoisotopic (exact) mass is 212 g/mol. The molecule has 78 valence electrons. The van der Waals surface area contributed by atoms with Gasteiger partial charge in [0.05, 0.1) is 11.6 Å². The van der Waals surface area contributed by atoms with E-state index in [4.69, 9.17) is 10.5 Å². The molecule has 5 heteroatoms. The minimum absolute atomic E-state index is 0.328. The van der Waals surface area contributed by atoms with Gasteiger partial charge in [-0.25, -0.2) is 9.97 Å². The van der Waals surface area contributed by atoms with Crippen molar-refractivity contribution in [1.82, 2.24) is 9.97 Å². The quantitative estimate of drug-likeness (QED) is 0.742. The molecule has 2 N–H and O–H groups in total. The van der Waals surface area contributed by atoms with E-state index in [1.165, 1.54) is 0 Å². The Balaban J connectivity index is 2.39. The summed E-state index contributed by atoms with van der Waals surface area (Å²) < 4.78 is 0. The molecule has 0 radical (unpaired) electrons. The van der Waals surface area contributed by atoms with Crippen molar-refractivity contribution in [3.05, 3.63) is 42.1 Å². The van der Waals surface area contributed by atoms with Crippen molar-refractivity contribution in [3.63, 3.8) is 0 Å². The second-order valence-electron chi connectivity index (χ2n) is 3.07. The molecule has 0 atom stereocenters. The van der Waals surface area contributed by atoms with Crippen LogP contribution in [-0.2, 0) is 0 Å². The SMILES string of the molecule is N#Cc1ccc(-c2nccc(NO)n2)cc1. The highest BCUT2D eigenvalue weighted by molar-refractivity contribution is 5.57. The van der Waals surface area contributed by atoms with Crippen molar-refractivity contribution >= 4 is 5.82 Å². The maximum atomic E-state index is 8.71. The number of rotatable bonds is 2. The summed E-state index contributed by atoms with van der Waals surface area (Å²) in [5.41, 5.74) is 3.33. The lowest BCUT2D eigenvalue weighted by atomic mass is 10.1. The van der Waals surface area contributed by atoms with Gasteiger partial charge in [-0.15, -0.1) is 0 Å². The number of nitriles is 1. The van der Waals surface area contributed by atoms with E-state index in [0.717, 1.165) is 5.56 Å². The molecule has 0 spiro atoms. The van der Waals surface area contributed by atoms with Crippen molar-refractivity contribution in [2.75, 3.05) is 5.48 Å². The van der Waals surface area contributed by atoms with E-state index in [-0.39, 0.29) is 0 Å². The van der Waals surface area contributed by atoms with E-state index >= 15 is 0 Å². The van der Waals surface area contributed by atoms with Crippen molar-refractivity contribution in [2.45, 2.75) is 0 Å². The van der Waals surface area contributed by atoms with Gasteiger partial charge in [0.25, 0.3) is 0 Å². The van der Waals surface area contributed by atoms with Gasteiger partial charge in [-0.3, -0.25) is 10.7 Å². The summed E-state index contributed by atoms with van der Waals surface area (Å²) >= 11 is 0. The Bertz CT molecular complexity index is 530. The molecule has 0 aliphatic rings. The van der Waals surface area contributed by atoms with E-state index < -0.39 is 0 Å². The van der Waals surface area contributed by atoms with Crippen LogP contribution in [0.5, 0.6) is 0 Å². The molecule has 0 amide bonds. The minimum Gasteiger partial charge on any atom is -0.290 e. The van der Waals surface area contributed by atoms with Crippen molar-refractivity contribution in [2.24, 2.45) is 0 Å². The molecule has 1 aromatic heterocycles. The zero-order valence-electron chi connectivity index (χ0n) is 8.25. The van der Waals surface area contributed by atoms with Crippen LogP contribution in [-0.4, -0.2) is 15.2 Å². The Morgan fingerprint density at radius 1 is 1.19 bits per heavy atom. The molecule has 0 saturated carbocycles. The average Bonchev–Trinajstić information content (AvgIpc) is 2.39. The van der Waals surface area contributed by atoms with Crippen LogP contribution in [0.3, 0.4) is 0 Å². The molecule has 5 nitrogen and oxygen atoms in total. The second-order valence-corrected chi connectivity index (χ2v) is 3.07. The third kappa shape index (κ3) is 1.97. The number of hydrogen-bond acceptors (Lipinski definition) is 5. The third-order valence-corrected chi connectivity index (χ3v) is 2.04. The number of hydrogen-bond donors (Lipinski definition) is 2. The van der Waals surface area contributed by atoms with Crippen LogP contribution in [0.1, 0.15) is 5.56 Å². The minimum atomic E-state index is 0.328. The Morgan fingerprint density at radius 3 is 2.56 bits per heavy atom. The summed E-state index contributed by atoms with van der Waals surface area (Å²) in [4.78, 5) is 8.13. The molecule has 1 heterocycles. The first-order valence-corrected chi connectivity index (χ1v) is 4.57. The average molecular weight is 212 g/mol. The van der Waals surface area contributed by atoms with Crippen LogP contribution >= 0.6 is 0 Å².